The van der Waals surface area contributed by atoms with Crippen LogP contribution >= 0.6 is 0 Å². The van der Waals surface area contributed by atoms with Gasteiger partial charge in [0, 0.05) is 5.92 Å². The van der Waals surface area contributed by atoms with Crippen LogP contribution < -0.4 is 5.32 Å². The van der Waals surface area contributed by atoms with E-state index < -0.39 is 18.1 Å². The number of carbonyl (C=O) groups excluding carboxylic acids is 2. The topological polar surface area (TPSA) is 73.9 Å². The number of carbonyl (C=O) groups is 2. The summed E-state index contributed by atoms with van der Waals surface area (Å²) in [4.78, 5) is 25.2. The minimum atomic E-state index is -0.905. The summed E-state index contributed by atoms with van der Waals surface area (Å²) in [6.07, 6.45) is 3.01. The molecule has 1 saturated heterocycles. The van der Waals surface area contributed by atoms with Gasteiger partial charge in [-0.2, -0.15) is 0 Å². The van der Waals surface area contributed by atoms with Crippen molar-refractivity contribution in [3.8, 4) is 0 Å². The van der Waals surface area contributed by atoms with E-state index in [0.717, 1.165) is 31.2 Å². The molecule has 6 nitrogen and oxygen atoms in total. The van der Waals surface area contributed by atoms with E-state index in [0.29, 0.717) is 6.61 Å². The van der Waals surface area contributed by atoms with Crippen molar-refractivity contribution in [3.05, 3.63) is 71.8 Å². The first kappa shape index (κ1) is 24.8. The second-order valence-electron chi connectivity index (χ2n) is 8.69. The van der Waals surface area contributed by atoms with E-state index >= 15 is 0 Å². The zero-order valence-electron chi connectivity index (χ0n) is 19.6. The van der Waals surface area contributed by atoms with Crippen LogP contribution in [0.15, 0.2) is 60.7 Å². The molecule has 1 amide bonds. The lowest BCUT2D eigenvalue weighted by molar-refractivity contribution is -0.154. The number of amides is 1. The van der Waals surface area contributed by atoms with E-state index in [1.165, 1.54) is 5.56 Å². The first-order valence-corrected chi connectivity index (χ1v) is 11.9. The fourth-order valence-corrected chi connectivity index (χ4v) is 4.31. The number of hydrogen-bond donors (Lipinski definition) is 1. The van der Waals surface area contributed by atoms with Crippen LogP contribution in [0.1, 0.15) is 44.2 Å². The molecule has 0 unspecified atom stereocenters. The Morgan fingerprint density at radius 3 is 2.36 bits per heavy atom. The number of cyclic esters (lactones) is 1. The number of nitrogens with one attached hydrogen (secondary N) is 1. The fraction of sp³-hybridized carbons (Fsp3) is 0.481. The molecular formula is C27H35NO5. The molecule has 178 valence electrons. The molecule has 0 bridgehead atoms. The predicted octanol–water partition coefficient (Wildman–Crippen LogP) is 4.91. The normalized spacial score (nSPS) is 23.5. The molecule has 2 aromatic carbocycles. The van der Waals surface area contributed by atoms with E-state index in [1.807, 2.05) is 55.5 Å². The van der Waals surface area contributed by atoms with E-state index in [1.54, 1.807) is 0 Å². The molecule has 0 spiro atoms. The van der Waals surface area contributed by atoms with Gasteiger partial charge in [-0.15, -0.1) is 0 Å². The Labute approximate surface area is 196 Å². The fourth-order valence-electron chi connectivity index (χ4n) is 4.31. The van der Waals surface area contributed by atoms with Gasteiger partial charge in [-0.05, 0) is 36.8 Å². The molecule has 0 aliphatic carbocycles. The van der Waals surface area contributed by atoms with Gasteiger partial charge in [0.25, 0.3) is 0 Å². The zero-order valence-corrected chi connectivity index (χ0v) is 19.6. The highest BCUT2D eigenvalue weighted by molar-refractivity contribution is 5.81. The molecule has 3 rings (SSSR count). The Morgan fingerprint density at radius 1 is 1.03 bits per heavy atom. The van der Waals surface area contributed by atoms with Crippen molar-refractivity contribution in [1.29, 1.82) is 0 Å². The van der Waals surface area contributed by atoms with Gasteiger partial charge in [-0.3, -0.25) is 0 Å². The summed E-state index contributed by atoms with van der Waals surface area (Å²) in [6.45, 7) is 4.80. The van der Waals surface area contributed by atoms with Crippen molar-refractivity contribution in [1.82, 2.24) is 5.32 Å². The largest absolute Gasteiger partial charge is 0.461 e. The van der Waals surface area contributed by atoms with Crippen LogP contribution in [0.25, 0.3) is 0 Å². The maximum Gasteiger partial charge on any atom is 0.408 e. The van der Waals surface area contributed by atoms with Crippen LogP contribution in [0.2, 0.25) is 0 Å². The maximum atomic E-state index is 12.9. The summed E-state index contributed by atoms with van der Waals surface area (Å²) in [7, 11) is 0. The van der Waals surface area contributed by atoms with Crippen molar-refractivity contribution in [2.75, 3.05) is 13.2 Å². The molecule has 1 aliphatic rings. The minimum Gasteiger partial charge on any atom is -0.461 e. The number of ether oxygens (including phenoxy) is 3. The smallest absolute Gasteiger partial charge is 0.408 e. The summed E-state index contributed by atoms with van der Waals surface area (Å²) in [5.74, 6) is -0.0931. The summed E-state index contributed by atoms with van der Waals surface area (Å²) in [5, 5.41) is 2.62. The number of esters is 1. The third kappa shape index (κ3) is 7.90. The van der Waals surface area contributed by atoms with E-state index in [9.17, 15) is 9.59 Å². The lowest BCUT2D eigenvalue weighted by Gasteiger charge is -2.31. The van der Waals surface area contributed by atoms with Gasteiger partial charge in [0.05, 0.1) is 13.2 Å². The van der Waals surface area contributed by atoms with Crippen molar-refractivity contribution in [2.45, 2.75) is 58.3 Å². The molecule has 1 N–H and O–H groups in total. The second kappa shape index (κ2) is 13.0. The van der Waals surface area contributed by atoms with Gasteiger partial charge in [0.15, 0.2) is 6.04 Å². The first-order chi connectivity index (χ1) is 16.1. The van der Waals surface area contributed by atoms with Crippen LogP contribution in [-0.2, 0) is 32.0 Å². The highest BCUT2D eigenvalue weighted by Gasteiger charge is 2.34. The molecule has 2 aromatic rings. The van der Waals surface area contributed by atoms with Crippen molar-refractivity contribution in [3.63, 3.8) is 0 Å². The van der Waals surface area contributed by atoms with Crippen molar-refractivity contribution < 1.29 is 23.8 Å². The Balaban J connectivity index is 1.64. The van der Waals surface area contributed by atoms with E-state index in [-0.39, 0.29) is 31.2 Å². The van der Waals surface area contributed by atoms with E-state index in [4.69, 9.17) is 14.2 Å². The van der Waals surface area contributed by atoms with Gasteiger partial charge in [-0.25, -0.2) is 9.59 Å². The molecule has 1 fully saturated rings. The number of hydrogen-bond acceptors (Lipinski definition) is 5. The summed E-state index contributed by atoms with van der Waals surface area (Å²) in [5.41, 5.74) is 2.11. The lowest BCUT2D eigenvalue weighted by Crippen LogP contribution is -2.46. The molecule has 0 radical (unpaired) electrons. The molecule has 6 heteroatoms. The number of alkyl carbamates (subject to hydrolysis) is 1. The average molecular weight is 454 g/mol. The average Bonchev–Trinajstić information content (AvgIpc) is 2.87. The first-order valence-electron chi connectivity index (χ1n) is 11.9. The van der Waals surface area contributed by atoms with Crippen LogP contribution in [0.4, 0.5) is 4.79 Å². The van der Waals surface area contributed by atoms with Crippen LogP contribution in [0.3, 0.4) is 0 Å². The van der Waals surface area contributed by atoms with Gasteiger partial charge >= 0.3 is 12.1 Å². The van der Waals surface area contributed by atoms with Gasteiger partial charge in [0.1, 0.15) is 12.7 Å². The quantitative estimate of drug-likeness (QED) is 0.575. The Bertz CT molecular complexity index is 857. The summed E-state index contributed by atoms with van der Waals surface area (Å²) in [6, 6.07) is 18.8. The standard InChI is InChI=1S/C27H35NO5/c1-3-4-15-24-20(2)33-26(29)25(28-27(30)32-17-22-13-9-6-10-14-22)19-31-18-23(24)16-21-11-7-5-8-12-21/h5-14,20,23-25H,3-4,15-19H2,1-2H3,(H,28,30)/t20-,23-,24-,25-/m0/s1. The molecule has 33 heavy (non-hydrogen) atoms. The minimum absolute atomic E-state index is 0.0534. The molecule has 0 aromatic heterocycles. The Morgan fingerprint density at radius 2 is 1.70 bits per heavy atom. The SMILES string of the molecule is CCCC[C@@H]1[C@@H](Cc2ccccc2)COC[C@H](NC(=O)OCc2ccccc2)C(=O)O[C@H]1C. The number of rotatable bonds is 8. The van der Waals surface area contributed by atoms with E-state index in [2.05, 4.69) is 24.4 Å². The van der Waals surface area contributed by atoms with Crippen LogP contribution in [0.5, 0.6) is 0 Å². The van der Waals surface area contributed by atoms with Gasteiger partial charge in [-0.1, -0.05) is 80.4 Å². The monoisotopic (exact) mass is 453 g/mol. The number of unbranched alkanes of at least 4 members (excludes halogenated alkanes) is 1. The summed E-state index contributed by atoms with van der Waals surface area (Å²) < 4.78 is 17.1. The molecule has 4 atom stereocenters. The lowest BCUT2D eigenvalue weighted by atomic mass is 9.81. The third-order valence-electron chi connectivity index (χ3n) is 6.15. The second-order valence-corrected chi connectivity index (χ2v) is 8.69. The maximum absolute atomic E-state index is 12.9. The Hall–Kier alpha value is -2.86. The van der Waals surface area contributed by atoms with Gasteiger partial charge in [0.2, 0.25) is 0 Å². The van der Waals surface area contributed by atoms with Crippen molar-refractivity contribution >= 4 is 12.1 Å². The van der Waals surface area contributed by atoms with Crippen LogP contribution in [0, 0.1) is 11.8 Å². The van der Waals surface area contributed by atoms with Crippen molar-refractivity contribution in [2.24, 2.45) is 11.8 Å². The zero-order chi connectivity index (χ0) is 23.5. The third-order valence-corrected chi connectivity index (χ3v) is 6.15. The molecular weight excluding hydrogens is 418 g/mol. The molecule has 1 aliphatic heterocycles. The van der Waals surface area contributed by atoms with Gasteiger partial charge < -0.3 is 19.5 Å². The molecule has 1 heterocycles. The summed E-state index contributed by atoms with van der Waals surface area (Å²) >= 11 is 0. The highest BCUT2D eigenvalue weighted by atomic mass is 16.6. The van der Waals surface area contributed by atoms with Crippen LogP contribution in [-0.4, -0.2) is 37.4 Å². The predicted molar refractivity (Wildman–Crippen MR) is 127 cm³/mol. The Kier molecular flexibility index (Phi) is 9.76. The molecule has 0 saturated carbocycles. The highest BCUT2D eigenvalue weighted by Crippen LogP contribution is 2.29. The number of benzene rings is 2.